The number of hydrogen-bond acceptors (Lipinski definition) is 4. The van der Waals surface area contributed by atoms with Crippen molar-refractivity contribution in [2.45, 2.75) is 39.9 Å². The van der Waals surface area contributed by atoms with Crippen LogP contribution in [0.5, 0.6) is 0 Å². The molecule has 2 aromatic rings. The molecule has 0 saturated carbocycles. The molecule has 0 fully saturated rings. The van der Waals surface area contributed by atoms with E-state index in [1.54, 1.807) is 0 Å². The van der Waals surface area contributed by atoms with E-state index in [1.165, 1.54) is 5.56 Å². The zero-order valence-corrected chi connectivity index (χ0v) is 13.2. The van der Waals surface area contributed by atoms with Crippen LogP contribution < -0.4 is 5.32 Å². The second kappa shape index (κ2) is 7.96. The smallest absolute Gasteiger partial charge is 0.118 e. The van der Waals surface area contributed by atoms with E-state index in [4.69, 9.17) is 4.42 Å². The van der Waals surface area contributed by atoms with Crippen LogP contribution in [-0.2, 0) is 19.6 Å². The first-order chi connectivity index (χ1) is 10.2. The molecule has 0 radical (unpaired) electrons. The minimum Gasteiger partial charge on any atom is -0.465 e. The van der Waals surface area contributed by atoms with Gasteiger partial charge in [-0.3, -0.25) is 9.88 Å². The zero-order chi connectivity index (χ0) is 15.1. The zero-order valence-electron chi connectivity index (χ0n) is 13.2. The van der Waals surface area contributed by atoms with Gasteiger partial charge in [0, 0.05) is 24.8 Å². The fraction of sp³-hybridized carbons (Fsp3) is 0.471. The predicted octanol–water partition coefficient (Wildman–Crippen LogP) is 3.11. The van der Waals surface area contributed by atoms with Crippen molar-refractivity contribution in [3.63, 3.8) is 0 Å². The molecular weight excluding hydrogens is 262 g/mol. The Morgan fingerprint density at radius 3 is 2.86 bits per heavy atom. The molecule has 2 rings (SSSR count). The number of hydrogen-bond donors (Lipinski definition) is 1. The van der Waals surface area contributed by atoms with Crippen LogP contribution in [0.4, 0.5) is 0 Å². The third-order valence-electron chi connectivity index (χ3n) is 3.40. The minimum atomic E-state index is 0.804. The molecule has 0 aliphatic heterocycles. The highest BCUT2D eigenvalue weighted by Gasteiger charge is 2.10. The van der Waals surface area contributed by atoms with Crippen molar-refractivity contribution in [2.24, 2.45) is 0 Å². The van der Waals surface area contributed by atoms with Crippen LogP contribution in [0.2, 0.25) is 0 Å². The lowest BCUT2D eigenvalue weighted by Gasteiger charge is -2.15. The Bertz CT molecular complexity index is 536. The molecule has 0 atom stereocenters. The molecule has 4 heteroatoms. The lowest BCUT2D eigenvalue weighted by Crippen LogP contribution is -2.18. The molecule has 1 N–H and O–H groups in total. The summed E-state index contributed by atoms with van der Waals surface area (Å²) >= 11 is 0. The predicted molar refractivity (Wildman–Crippen MR) is 84.9 cm³/mol. The van der Waals surface area contributed by atoms with Gasteiger partial charge >= 0.3 is 0 Å². The van der Waals surface area contributed by atoms with Gasteiger partial charge in [-0.1, -0.05) is 13.0 Å². The van der Waals surface area contributed by atoms with Crippen molar-refractivity contribution in [3.05, 3.63) is 53.2 Å². The minimum absolute atomic E-state index is 0.804. The number of furan rings is 1. The van der Waals surface area contributed by atoms with E-state index >= 15 is 0 Å². The maximum Gasteiger partial charge on any atom is 0.118 e. The van der Waals surface area contributed by atoms with Gasteiger partial charge in [0.1, 0.15) is 11.5 Å². The molecule has 114 valence electrons. The Labute approximate surface area is 127 Å². The number of pyridine rings is 1. The van der Waals surface area contributed by atoms with Gasteiger partial charge in [0.2, 0.25) is 0 Å². The summed E-state index contributed by atoms with van der Waals surface area (Å²) in [4.78, 5) is 6.62. The largest absolute Gasteiger partial charge is 0.465 e. The Hall–Kier alpha value is -1.65. The molecule has 0 unspecified atom stereocenters. The summed E-state index contributed by atoms with van der Waals surface area (Å²) in [6.07, 6.45) is 2.98. The maximum absolute atomic E-state index is 5.81. The van der Waals surface area contributed by atoms with Gasteiger partial charge < -0.3 is 9.73 Å². The quantitative estimate of drug-likeness (QED) is 0.757. The van der Waals surface area contributed by atoms with Crippen molar-refractivity contribution < 1.29 is 4.42 Å². The summed E-state index contributed by atoms with van der Waals surface area (Å²) in [5, 5.41) is 3.37. The number of nitrogens with zero attached hydrogens (tertiary/aromatic N) is 2. The van der Waals surface area contributed by atoms with Crippen LogP contribution in [0, 0.1) is 6.92 Å². The van der Waals surface area contributed by atoms with Crippen molar-refractivity contribution in [3.8, 4) is 0 Å². The molecule has 0 amide bonds. The molecule has 0 aliphatic rings. The summed E-state index contributed by atoms with van der Waals surface area (Å²) in [7, 11) is 2.11. The van der Waals surface area contributed by atoms with Gasteiger partial charge in [0.25, 0.3) is 0 Å². The summed E-state index contributed by atoms with van der Waals surface area (Å²) in [5.41, 5.74) is 2.34. The number of aryl methyl sites for hydroxylation is 1. The standard InChI is InChI=1S/C17H25N3O/c1-4-8-18-11-17-10-15(14(2)21-17)12-20(3)13-16-7-5-6-9-19-16/h5-7,9-10,18H,4,8,11-13H2,1-3H3. The Balaban J connectivity index is 1.89. The highest BCUT2D eigenvalue weighted by molar-refractivity contribution is 5.20. The van der Waals surface area contributed by atoms with Gasteiger partial charge in [-0.2, -0.15) is 0 Å². The van der Waals surface area contributed by atoms with Gasteiger partial charge in [0.05, 0.1) is 12.2 Å². The molecule has 0 bridgehead atoms. The molecule has 0 aromatic carbocycles. The fourth-order valence-corrected chi connectivity index (χ4v) is 2.33. The highest BCUT2D eigenvalue weighted by atomic mass is 16.3. The topological polar surface area (TPSA) is 41.3 Å². The third kappa shape index (κ3) is 4.99. The number of nitrogens with one attached hydrogen (secondary N) is 1. The lowest BCUT2D eigenvalue weighted by molar-refractivity contribution is 0.312. The van der Waals surface area contributed by atoms with Crippen LogP contribution in [0.25, 0.3) is 0 Å². The van der Waals surface area contributed by atoms with Crippen molar-refractivity contribution in [2.75, 3.05) is 13.6 Å². The van der Waals surface area contributed by atoms with Crippen LogP contribution >= 0.6 is 0 Å². The Morgan fingerprint density at radius 2 is 2.14 bits per heavy atom. The van der Waals surface area contributed by atoms with Crippen molar-refractivity contribution >= 4 is 0 Å². The normalized spacial score (nSPS) is 11.2. The van der Waals surface area contributed by atoms with Crippen molar-refractivity contribution in [1.29, 1.82) is 0 Å². The molecule has 2 aromatic heterocycles. The van der Waals surface area contributed by atoms with E-state index < -0.39 is 0 Å². The highest BCUT2D eigenvalue weighted by Crippen LogP contribution is 2.17. The summed E-state index contributed by atoms with van der Waals surface area (Å²) in [6.45, 7) is 7.74. The monoisotopic (exact) mass is 287 g/mol. The van der Waals surface area contributed by atoms with E-state index in [1.807, 2.05) is 25.3 Å². The first kappa shape index (κ1) is 15.7. The van der Waals surface area contributed by atoms with E-state index in [9.17, 15) is 0 Å². The molecular formula is C17H25N3O. The van der Waals surface area contributed by atoms with Crippen LogP contribution in [0.1, 0.15) is 36.1 Å². The fourth-order valence-electron chi connectivity index (χ4n) is 2.33. The van der Waals surface area contributed by atoms with Gasteiger partial charge in [0.15, 0.2) is 0 Å². The van der Waals surface area contributed by atoms with Crippen LogP contribution in [-0.4, -0.2) is 23.5 Å². The van der Waals surface area contributed by atoms with Gasteiger partial charge in [-0.15, -0.1) is 0 Å². The lowest BCUT2D eigenvalue weighted by atomic mass is 10.2. The van der Waals surface area contributed by atoms with Gasteiger partial charge in [-0.25, -0.2) is 0 Å². The van der Waals surface area contributed by atoms with Crippen LogP contribution in [0.15, 0.2) is 34.9 Å². The van der Waals surface area contributed by atoms with E-state index in [-0.39, 0.29) is 0 Å². The second-order valence-electron chi connectivity index (χ2n) is 5.46. The van der Waals surface area contributed by atoms with E-state index in [2.05, 4.69) is 41.3 Å². The molecule has 2 heterocycles. The number of aromatic nitrogens is 1. The summed E-state index contributed by atoms with van der Waals surface area (Å²) in [5.74, 6) is 2.03. The average molecular weight is 287 g/mol. The Kier molecular flexibility index (Phi) is 5.96. The number of rotatable bonds is 8. The molecule has 0 saturated heterocycles. The summed E-state index contributed by atoms with van der Waals surface area (Å²) in [6, 6.07) is 8.18. The Morgan fingerprint density at radius 1 is 1.29 bits per heavy atom. The van der Waals surface area contributed by atoms with E-state index in [0.29, 0.717) is 0 Å². The first-order valence-corrected chi connectivity index (χ1v) is 7.56. The first-order valence-electron chi connectivity index (χ1n) is 7.56. The maximum atomic E-state index is 5.81. The second-order valence-corrected chi connectivity index (χ2v) is 5.46. The summed E-state index contributed by atoms with van der Waals surface area (Å²) < 4.78 is 5.81. The SMILES string of the molecule is CCCNCc1cc(CN(C)Cc2ccccn2)c(C)o1. The molecule has 21 heavy (non-hydrogen) atoms. The van der Waals surface area contributed by atoms with Gasteiger partial charge in [-0.05, 0) is 45.1 Å². The third-order valence-corrected chi connectivity index (χ3v) is 3.40. The molecule has 0 spiro atoms. The van der Waals surface area contributed by atoms with E-state index in [0.717, 1.165) is 49.8 Å². The molecule has 0 aliphatic carbocycles. The van der Waals surface area contributed by atoms with Crippen molar-refractivity contribution in [1.82, 2.24) is 15.2 Å². The molecule has 4 nitrogen and oxygen atoms in total. The average Bonchev–Trinajstić information content (AvgIpc) is 2.80. The van der Waals surface area contributed by atoms with Crippen LogP contribution in [0.3, 0.4) is 0 Å².